The van der Waals surface area contributed by atoms with Crippen LogP contribution < -0.4 is 0 Å². The largest absolute Gasteiger partial charge is 0.455 e. The maximum Gasteiger partial charge on any atom is 0.410 e. The van der Waals surface area contributed by atoms with Gasteiger partial charge in [-0.25, -0.2) is 9.59 Å². The highest BCUT2D eigenvalue weighted by Crippen LogP contribution is 2.39. The van der Waals surface area contributed by atoms with Crippen LogP contribution in [-0.4, -0.2) is 133 Å². The number of amides is 1. The molecule has 3 heterocycles. The smallest absolute Gasteiger partial charge is 0.410 e. The van der Waals surface area contributed by atoms with Crippen molar-refractivity contribution in [3.05, 3.63) is 36.0 Å². The zero-order valence-electron chi connectivity index (χ0n) is 30.9. The van der Waals surface area contributed by atoms with Crippen LogP contribution in [0.2, 0.25) is 0 Å². The third-order valence-electron chi connectivity index (χ3n) is 10.4. The van der Waals surface area contributed by atoms with Crippen molar-refractivity contribution >= 4 is 12.1 Å². The van der Waals surface area contributed by atoms with Crippen LogP contribution in [0, 0.1) is 17.8 Å². The minimum Gasteiger partial charge on any atom is -0.455 e. The average Bonchev–Trinajstić information content (AvgIpc) is 3.85. The first-order valence-corrected chi connectivity index (χ1v) is 17.9. The molecule has 2 fully saturated rings. The molecule has 0 radical (unpaired) electrons. The van der Waals surface area contributed by atoms with E-state index < -0.39 is 41.8 Å². The number of epoxide rings is 1. The number of methoxy groups -OCH3 is 1. The predicted molar refractivity (Wildman–Crippen MR) is 186 cm³/mol. The molecule has 3 aliphatic rings. The third kappa shape index (κ3) is 12.2. The predicted octanol–water partition coefficient (Wildman–Crippen LogP) is 3.83. The number of morpholine rings is 1. The number of cyclic esters (lactones) is 1. The van der Waals surface area contributed by atoms with Crippen LogP contribution in [0.15, 0.2) is 36.0 Å². The Morgan fingerprint density at radius 3 is 2.59 bits per heavy atom. The van der Waals surface area contributed by atoms with Crippen molar-refractivity contribution in [2.24, 2.45) is 17.8 Å². The minimum atomic E-state index is -1.74. The second-order valence-electron chi connectivity index (χ2n) is 14.4. The van der Waals surface area contributed by atoms with Crippen LogP contribution >= 0.6 is 0 Å². The molecule has 0 aromatic rings. The van der Waals surface area contributed by atoms with E-state index in [4.69, 9.17) is 23.7 Å². The van der Waals surface area contributed by atoms with Crippen LogP contribution in [0.5, 0.6) is 0 Å². The van der Waals surface area contributed by atoms with Crippen LogP contribution in [0.25, 0.3) is 0 Å². The molecule has 1 amide bonds. The molecule has 0 saturated carbocycles. The Hall–Kier alpha value is -2.32. The number of nitrogens with zero attached hydrogens (tertiary/aromatic N) is 2. The van der Waals surface area contributed by atoms with Gasteiger partial charge in [0.15, 0.2) is 18.0 Å². The van der Waals surface area contributed by atoms with Crippen molar-refractivity contribution in [1.82, 2.24) is 9.80 Å². The Balaban J connectivity index is 1.71. The molecule has 0 aliphatic carbocycles. The van der Waals surface area contributed by atoms with Crippen LogP contribution in [0.4, 0.5) is 4.79 Å². The number of carbonyl (C=O) groups excluding carboxylic acids is 2. The van der Waals surface area contributed by atoms with E-state index in [0.717, 1.165) is 31.6 Å². The van der Waals surface area contributed by atoms with Gasteiger partial charge < -0.3 is 43.9 Å². The number of rotatable bonds is 13. The Labute approximate surface area is 293 Å². The van der Waals surface area contributed by atoms with Gasteiger partial charge in [-0.1, -0.05) is 52.0 Å². The minimum absolute atomic E-state index is 0.0340. The van der Waals surface area contributed by atoms with E-state index in [0.29, 0.717) is 32.6 Å². The average molecular weight is 695 g/mol. The van der Waals surface area contributed by atoms with Crippen LogP contribution in [-0.2, 0) is 28.5 Å². The van der Waals surface area contributed by atoms with E-state index in [1.165, 1.54) is 0 Å². The molecule has 9 unspecified atom stereocenters. The summed E-state index contributed by atoms with van der Waals surface area (Å²) in [7, 11) is 3.30. The lowest BCUT2D eigenvalue weighted by Gasteiger charge is -2.36. The second kappa shape index (κ2) is 18.8. The van der Waals surface area contributed by atoms with Gasteiger partial charge >= 0.3 is 12.1 Å². The lowest BCUT2D eigenvalue weighted by Crippen LogP contribution is -2.47. The van der Waals surface area contributed by atoms with E-state index in [1.54, 1.807) is 32.9 Å². The number of hydrogen-bond donors (Lipinski definition) is 3. The molecular formula is C37H62N2O10. The zero-order chi connectivity index (χ0) is 36.4. The maximum atomic E-state index is 13.3. The molecule has 0 spiro atoms. The number of carbonyl (C=O) groups is 2. The van der Waals surface area contributed by atoms with E-state index in [2.05, 4.69) is 11.8 Å². The zero-order valence-corrected chi connectivity index (χ0v) is 30.9. The van der Waals surface area contributed by atoms with Crippen molar-refractivity contribution in [3.8, 4) is 0 Å². The number of aliphatic hydroxyl groups excluding tert-OH is 1. The molecule has 3 aliphatic heterocycles. The van der Waals surface area contributed by atoms with Gasteiger partial charge in [-0.05, 0) is 63.5 Å². The van der Waals surface area contributed by atoms with Crippen LogP contribution in [0.1, 0.15) is 73.6 Å². The molecule has 0 bridgehead atoms. The van der Waals surface area contributed by atoms with Crippen molar-refractivity contribution in [2.75, 3.05) is 53.6 Å². The summed E-state index contributed by atoms with van der Waals surface area (Å²) >= 11 is 0. The Morgan fingerprint density at radius 1 is 1.24 bits per heavy atom. The summed E-state index contributed by atoms with van der Waals surface area (Å²) in [5.74, 6) is -2.97. The van der Waals surface area contributed by atoms with E-state index >= 15 is 0 Å². The summed E-state index contributed by atoms with van der Waals surface area (Å²) in [6.45, 7) is 15.5. The number of aliphatic hydroxyl groups is 3. The molecule has 0 aromatic carbocycles. The summed E-state index contributed by atoms with van der Waals surface area (Å²) in [6.07, 6.45) is 8.23. The second-order valence-corrected chi connectivity index (χ2v) is 14.4. The van der Waals surface area contributed by atoms with Gasteiger partial charge in [-0.3, -0.25) is 4.90 Å². The van der Waals surface area contributed by atoms with Gasteiger partial charge in [-0.15, -0.1) is 0 Å². The first-order valence-electron chi connectivity index (χ1n) is 17.9. The van der Waals surface area contributed by atoms with Crippen molar-refractivity contribution in [2.45, 2.75) is 116 Å². The van der Waals surface area contributed by atoms with Crippen molar-refractivity contribution in [3.63, 3.8) is 0 Å². The van der Waals surface area contributed by atoms with Crippen LogP contribution in [0.3, 0.4) is 0 Å². The summed E-state index contributed by atoms with van der Waals surface area (Å²) in [5.41, 5.74) is -0.112. The van der Waals surface area contributed by atoms with Crippen molar-refractivity contribution < 1.29 is 48.6 Å². The molecule has 9 atom stereocenters. The SMILES string of the molecule is CCC(O)(O)C(C)C1OC1CC(C)/C=C/C=C(\C)C1OC(=O)C(O)CCCC(C)(OC)C(OC(=O)N(C)CCN2CCOCC2)/C=C/C1C. The standard InChI is InChI=1S/C37H62N2O10/c1-9-37(43,44)28(5)33-30(47-33)24-25(2)12-10-13-26(3)32-27(4)15-16-31(36(6,45-8)17-11-14-29(40)34(41)49-32)48-35(42)38(7)18-19-39-20-22-46-23-21-39/h10,12-13,15-16,25,27-33,40,43-44H,9,11,14,17-24H2,1-8H3/b12-10+,16-15+,26-13+. The lowest BCUT2D eigenvalue weighted by molar-refractivity contribution is -0.201. The Bertz CT molecular complexity index is 1150. The van der Waals surface area contributed by atoms with Gasteiger partial charge in [0.1, 0.15) is 11.7 Å². The quantitative estimate of drug-likeness (QED) is 0.0849. The highest BCUT2D eigenvalue weighted by Gasteiger charge is 2.49. The van der Waals surface area contributed by atoms with Gasteiger partial charge in [0.2, 0.25) is 0 Å². The van der Waals surface area contributed by atoms with E-state index in [-0.39, 0.29) is 42.8 Å². The summed E-state index contributed by atoms with van der Waals surface area (Å²) in [4.78, 5) is 30.1. The maximum absolute atomic E-state index is 13.3. The third-order valence-corrected chi connectivity index (χ3v) is 10.4. The van der Waals surface area contributed by atoms with E-state index in [1.807, 2.05) is 51.2 Å². The summed E-state index contributed by atoms with van der Waals surface area (Å²) < 4.78 is 29.1. The Kier molecular flexibility index (Phi) is 15.8. The number of esters is 1. The van der Waals surface area contributed by atoms with Gasteiger partial charge in [0, 0.05) is 52.2 Å². The number of ether oxygens (including phenoxy) is 5. The molecule has 0 aromatic heterocycles. The molecule has 49 heavy (non-hydrogen) atoms. The topological polar surface area (TPSA) is 151 Å². The fourth-order valence-electron chi connectivity index (χ4n) is 6.40. The fraction of sp³-hybridized carbons (Fsp3) is 0.784. The van der Waals surface area contributed by atoms with E-state index in [9.17, 15) is 24.9 Å². The molecule has 2 saturated heterocycles. The molecule has 280 valence electrons. The first-order chi connectivity index (χ1) is 23.1. The number of hydrogen-bond acceptors (Lipinski definition) is 11. The highest BCUT2D eigenvalue weighted by atomic mass is 16.6. The normalized spacial score (nSPS) is 32.8. The number of likely N-dealkylation sites (N-methyl/N-ethyl adjacent to an activating group) is 1. The Morgan fingerprint density at radius 2 is 1.94 bits per heavy atom. The molecule has 3 N–H and O–H groups in total. The lowest BCUT2D eigenvalue weighted by atomic mass is 9.88. The molecule has 3 rings (SSSR count). The molecular weight excluding hydrogens is 632 g/mol. The highest BCUT2D eigenvalue weighted by molar-refractivity contribution is 5.74. The first kappa shape index (κ1) is 41.1. The van der Waals surface area contributed by atoms with Gasteiger partial charge in [-0.2, -0.15) is 0 Å². The van der Waals surface area contributed by atoms with Gasteiger partial charge in [0.05, 0.1) is 25.4 Å². The summed E-state index contributed by atoms with van der Waals surface area (Å²) in [6, 6.07) is 0. The number of allylic oxidation sites excluding steroid dienone is 3. The molecule has 12 nitrogen and oxygen atoms in total. The monoisotopic (exact) mass is 694 g/mol. The summed E-state index contributed by atoms with van der Waals surface area (Å²) in [5, 5.41) is 31.0. The fourth-order valence-corrected chi connectivity index (χ4v) is 6.40. The van der Waals surface area contributed by atoms with Crippen molar-refractivity contribution in [1.29, 1.82) is 0 Å². The molecule has 12 heteroatoms. The van der Waals surface area contributed by atoms with Gasteiger partial charge in [0.25, 0.3) is 0 Å².